The number of carboxylic acid groups (broad SMARTS) is 1. The van der Waals surface area contributed by atoms with Crippen LogP contribution in [0.15, 0.2) is 0 Å². The fourth-order valence-electron chi connectivity index (χ4n) is 2.94. The number of carbonyl (C=O) groups is 2. The van der Waals surface area contributed by atoms with Gasteiger partial charge in [0.25, 0.3) is 0 Å². The van der Waals surface area contributed by atoms with Crippen molar-refractivity contribution in [2.75, 3.05) is 13.2 Å². The van der Waals surface area contributed by atoms with E-state index in [1.165, 1.54) is 0 Å². The predicted molar refractivity (Wildman–Crippen MR) is 65.1 cm³/mol. The fraction of sp³-hybridized carbons (Fsp3) is 0.846. The van der Waals surface area contributed by atoms with Crippen LogP contribution in [0.3, 0.4) is 0 Å². The van der Waals surface area contributed by atoms with Crippen LogP contribution in [0.5, 0.6) is 0 Å². The number of hydrogen-bond donors (Lipinski definition) is 2. The van der Waals surface area contributed by atoms with Gasteiger partial charge in [-0.25, -0.2) is 0 Å². The van der Waals surface area contributed by atoms with Gasteiger partial charge in [-0.1, -0.05) is 6.42 Å². The standard InChI is InChI=1S/C13H21NO4/c15-12(7-10-4-2-6-18-10)14-8-9-3-1-5-11(9)13(16)17/h9-11H,1-8H2,(H,14,15)(H,16,17). The number of rotatable bonds is 5. The molecule has 5 heteroatoms. The topological polar surface area (TPSA) is 75.6 Å². The lowest BCUT2D eigenvalue weighted by Gasteiger charge is -2.17. The Hall–Kier alpha value is -1.10. The number of ether oxygens (including phenoxy) is 1. The number of carboxylic acids is 1. The van der Waals surface area contributed by atoms with E-state index in [1.807, 2.05) is 0 Å². The molecule has 1 aliphatic heterocycles. The lowest BCUT2D eigenvalue weighted by atomic mass is 9.96. The van der Waals surface area contributed by atoms with Crippen molar-refractivity contribution in [1.29, 1.82) is 0 Å². The van der Waals surface area contributed by atoms with Gasteiger partial charge in [-0.2, -0.15) is 0 Å². The first-order valence-electron chi connectivity index (χ1n) is 6.78. The predicted octanol–water partition coefficient (Wildman–Crippen LogP) is 1.17. The molecular formula is C13H21NO4. The van der Waals surface area contributed by atoms with E-state index in [0.717, 1.165) is 38.7 Å². The van der Waals surface area contributed by atoms with Crippen molar-refractivity contribution < 1.29 is 19.4 Å². The Morgan fingerprint density at radius 3 is 2.72 bits per heavy atom. The Balaban J connectivity index is 1.70. The van der Waals surface area contributed by atoms with E-state index < -0.39 is 5.97 Å². The lowest BCUT2D eigenvalue weighted by Crippen LogP contribution is -2.34. The molecule has 3 atom stereocenters. The van der Waals surface area contributed by atoms with Crippen molar-refractivity contribution >= 4 is 11.9 Å². The Kier molecular flexibility index (Phi) is 4.58. The van der Waals surface area contributed by atoms with Crippen molar-refractivity contribution in [3.05, 3.63) is 0 Å². The first-order chi connectivity index (χ1) is 8.66. The highest BCUT2D eigenvalue weighted by atomic mass is 16.5. The Labute approximate surface area is 107 Å². The summed E-state index contributed by atoms with van der Waals surface area (Å²) in [5.41, 5.74) is 0. The minimum Gasteiger partial charge on any atom is -0.481 e. The maximum atomic E-state index is 11.7. The molecule has 0 radical (unpaired) electrons. The molecule has 0 aromatic rings. The maximum Gasteiger partial charge on any atom is 0.306 e. The number of aliphatic carboxylic acids is 1. The van der Waals surface area contributed by atoms with Gasteiger partial charge in [-0.05, 0) is 31.6 Å². The van der Waals surface area contributed by atoms with E-state index in [9.17, 15) is 9.59 Å². The van der Waals surface area contributed by atoms with Crippen LogP contribution in [0.4, 0.5) is 0 Å². The van der Waals surface area contributed by atoms with Gasteiger partial charge < -0.3 is 15.2 Å². The summed E-state index contributed by atoms with van der Waals surface area (Å²) in [6.45, 7) is 1.24. The van der Waals surface area contributed by atoms with Crippen LogP contribution in [-0.4, -0.2) is 36.2 Å². The molecule has 0 aromatic heterocycles. The van der Waals surface area contributed by atoms with Crippen LogP contribution >= 0.6 is 0 Å². The summed E-state index contributed by atoms with van der Waals surface area (Å²) in [6, 6.07) is 0. The molecule has 2 aliphatic rings. The molecule has 1 saturated heterocycles. The van der Waals surface area contributed by atoms with Crippen molar-refractivity contribution in [2.24, 2.45) is 11.8 Å². The number of hydrogen-bond acceptors (Lipinski definition) is 3. The molecule has 18 heavy (non-hydrogen) atoms. The molecule has 1 heterocycles. The van der Waals surface area contributed by atoms with Crippen molar-refractivity contribution in [3.63, 3.8) is 0 Å². The second-order valence-corrected chi connectivity index (χ2v) is 5.28. The van der Waals surface area contributed by atoms with Gasteiger partial charge in [0.05, 0.1) is 18.4 Å². The monoisotopic (exact) mass is 255 g/mol. The smallest absolute Gasteiger partial charge is 0.306 e. The van der Waals surface area contributed by atoms with Gasteiger partial charge in [0.15, 0.2) is 0 Å². The van der Waals surface area contributed by atoms with Crippen LogP contribution in [0, 0.1) is 11.8 Å². The third kappa shape index (κ3) is 3.45. The van der Waals surface area contributed by atoms with E-state index in [4.69, 9.17) is 9.84 Å². The summed E-state index contributed by atoms with van der Waals surface area (Å²) in [6.07, 6.45) is 5.03. The van der Waals surface area contributed by atoms with Crippen molar-refractivity contribution in [2.45, 2.75) is 44.6 Å². The van der Waals surface area contributed by atoms with E-state index in [2.05, 4.69) is 5.32 Å². The molecule has 2 fully saturated rings. The van der Waals surface area contributed by atoms with E-state index in [1.54, 1.807) is 0 Å². The normalized spacial score (nSPS) is 31.4. The molecule has 1 saturated carbocycles. The summed E-state index contributed by atoms with van der Waals surface area (Å²) in [5.74, 6) is -0.937. The van der Waals surface area contributed by atoms with E-state index in [-0.39, 0.29) is 23.8 Å². The SMILES string of the molecule is O=C(CC1CCCO1)NCC1CCCC1C(=O)O. The highest BCUT2D eigenvalue weighted by Crippen LogP contribution is 2.31. The van der Waals surface area contributed by atoms with Crippen LogP contribution in [0.25, 0.3) is 0 Å². The number of nitrogens with one attached hydrogen (secondary N) is 1. The average Bonchev–Trinajstić information content (AvgIpc) is 2.96. The molecule has 102 valence electrons. The largest absolute Gasteiger partial charge is 0.481 e. The Morgan fingerprint density at radius 1 is 1.22 bits per heavy atom. The van der Waals surface area contributed by atoms with Crippen molar-refractivity contribution in [1.82, 2.24) is 5.32 Å². The minimum atomic E-state index is -0.731. The molecular weight excluding hydrogens is 234 g/mol. The first-order valence-corrected chi connectivity index (χ1v) is 6.78. The molecule has 1 amide bonds. The highest BCUT2D eigenvalue weighted by Gasteiger charge is 2.33. The summed E-state index contributed by atoms with van der Waals surface area (Å²) in [7, 11) is 0. The summed E-state index contributed by atoms with van der Waals surface area (Å²) in [4.78, 5) is 22.7. The molecule has 0 bridgehead atoms. The molecule has 1 aliphatic carbocycles. The zero-order valence-corrected chi connectivity index (χ0v) is 10.6. The van der Waals surface area contributed by atoms with Crippen LogP contribution in [0.1, 0.15) is 38.5 Å². The zero-order chi connectivity index (χ0) is 13.0. The van der Waals surface area contributed by atoms with Gasteiger partial charge in [0, 0.05) is 13.2 Å². The summed E-state index contributed by atoms with van der Waals surface area (Å²) < 4.78 is 5.40. The third-order valence-electron chi connectivity index (χ3n) is 3.97. The second kappa shape index (κ2) is 6.18. The second-order valence-electron chi connectivity index (χ2n) is 5.28. The summed E-state index contributed by atoms with van der Waals surface area (Å²) in [5, 5.41) is 11.9. The highest BCUT2D eigenvalue weighted by molar-refractivity contribution is 5.76. The Bertz CT molecular complexity index is 312. The van der Waals surface area contributed by atoms with Gasteiger partial charge in [-0.15, -0.1) is 0 Å². The third-order valence-corrected chi connectivity index (χ3v) is 3.97. The first kappa shape index (κ1) is 13.3. The molecule has 2 rings (SSSR count). The van der Waals surface area contributed by atoms with Gasteiger partial charge in [-0.3, -0.25) is 9.59 Å². The maximum absolute atomic E-state index is 11.7. The molecule has 2 N–H and O–H groups in total. The van der Waals surface area contributed by atoms with Gasteiger partial charge in [0.1, 0.15) is 0 Å². The molecule has 0 aromatic carbocycles. The minimum absolute atomic E-state index is 0.0158. The number of amides is 1. The Morgan fingerprint density at radius 2 is 2.06 bits per heavy atom. The molecule has 5 nitrogen and oxygen atoms in total. The fourth-order valence-corrected chi connectivity index (χ4v) is 2.94. The van der Waals surface area contributed by atoms with Crippen molar-refractivity contribution in [3.8, 4) is 0 Å². The summed E-state index contributed by atoms with van der Waals surface area (Å²) >= 11 is 0. The van der Waals surface area contributed by atoms with Gasteiger partial charge >= 0.3 is 5.97 Å². The quantitative estimate of drug-likeness (QED) is 0.773. The van der Waals surface area contributed by atoms with E-state index >= 15 is 0 Å². The lowest BCUT2D eigenvalue weighted by molar-refractivity contribution is -0.143. The van der Waals surface area contributed by atoms with Gasteiger partial charge in [0.2, 0.25) is 5.91 Å². The van der Waals surface area contributed by atoms with E-state index in [0.29, 0.717) is 13.0 Å². The van der Waals surface area contributed by atoms with Crippen LogP contribution in [-0.2, 0) is 14.3 Å². The zero-order valence-electron chi connectivity index (χ0n) is 10.6. The molecule has 0 spiro atoms. The van der Waals surface area contributed by atoms with Crippen LogP contribution < -0.4 is 5.32 Å². The molecule has 3 unspecified atom stereocenters. The van der Waals surface area contributed by atoms with Crippen LogP contribution in [0.2, 0.25) is 0 Å². The average molecular weight is 255 g/mol. The number of carbonyl (C=O) groups excluding carboxylic acids is 1.